The second-order valence-electron chi connectivity index (χ2n) is 6.49. The number of aryl methyl sites for hydroxylation is 4. The third kappa shape index (κ3) is 3.02. The fourth-order valence-electron chi connectivity index (χ4n) is 3.32. The molecule has 0 saturated heterocycles. The summed E-state index contributed by atoms with van der Waals surface area (Å²) in [6.45, 7) is 5.93. The van der Waals surface area contributed by atoms with Crippen molar-refractivity contribution in [3.63, 3.8) is 0 Å². The lowest BCUT2D eigenvalue weighted by atomic mass is 9.95. The molecule has 1 unspecified atom stereocenters. The van der Waals surface area contributed by atoms with E-state index in [1.165, 1.54) is 0 Å². The van der Waals surface area contributed by atoms with Gasteiger partial charge in [-0.3, -0.25) is 9.59 Å². The van der Waals surface area contributed by atoms with Crippen LogP contribution in [0.15, 0.2) is 10.9 Å². The van der Waals surface area contributed by atoms with Crippen molar-refractivity contribution >= 4 is 17.2 Å². The van der Waals surface area contributed by atoms with E-state index in [2.05, 4.69) is 9.97 Å². The summed E-state index contributed by atoms with van der Waals surface area (Å²) in [5.41, 5.74) is 2.94. The third-order valence-corrected chi connectivity index (χ3v) is 5.71. The van der Waals surface area contributed by atoms with Gasteiger partial charge in [0.1, 0.15) is 5.56 Å². The first kappa shape index (κ1) is 16.9. The summed E-state index contributed by atoms with van der Waals surface area (Å²) in [7, 11) is 1.74. The zero-order valence-corrected chi connectivity index (χ0v) is 15.4. The fraction of sp³-hybridized carbons (Fsp3) is 0.500. The number of nitrogens with one attached hydrogen (secondary N) is 1. The molecule has 0 fully saturated rings. The van der Waals surface area contributed by atoms with Gasteiger partial charge in [0.15, 0.2) is 0 Å². The van der Waals surface area contributed by atoms with Crippen molar-refractivity contribution in [3.05, 3.63) is 48.8 Å². The van der Waals surface area contributed by atoms with Crippen molar-refractivity contribution < 1.29 is 4.79 Å². The molecule has 0 saturated carbocycles. The minimum Gasteiger partial charge on any atom is -0.333 e. The van der Waals surface area contributed by atoms with Crippen molar-refractivity contribution in [2.24, 2.45) is 0 Å². The SMILES string of the molecule is Cc1nc(C(C)N(C)C(=O)c2cc3c([nH]c2=O)CCCC3)c(C)s1. The highest BCUT2D eigenvalue weighted by Crippen LogP contribution is 2.27. The first-order chi connectivity index (χ1) is 11.4. The fourth-order valence-corrected chi connectivity index (χ4v) is 4.22. The van der Waals surface area contributed by atoms with E-state index < -0.39 is 0 Å². The van der Waals surface area contributed by atoms with Gasteiger partial charge in [-0.25, -0.2) is 4.98 Å². The zero-order chi connectivity index (χ0) is 17.4. The summed E-state index contributed by atoms with van der Waals surface area (Å²) < 4.78 is 0. The Kier molecular flexibility index (Phi) is 4.58. The minimum atomic E-state index is -0.286. The highest BCUT2D eigenvalue weighted by atomic mass is 32.1. The summed E-state index contributed by atoms with van der Waals surface area (Å²) >= 11 is 1.63. The number of nitrogens with zero attached hydrogens (tertiary/aromatic N) is 2. The quantitative estimate of drug-likeness (QED) is 0.929. The van der Waals surface area contributed by atoms with Crippen LogP contribution in [0.4, 0.5) is 0 Å². The van der Waals surface area contributed by atoms with Crippen molar-refractivity contribution in [2.75, 3.05) is 7.05 Å². The zero-order valence-electron chi connectivity index (χ0n) is 14.6. The number of thiazole rings is 1. The number of aromatic amines is 1. The van der Waals surface area contributed by atoms with E-state index >= 15 is 0 Å². The normalized spacial score (nSPS) is 15.0. The van der Waals surface area contributed by atoms with Crippen LogP contribution in [0.2, 0.25) is 0 Å². The second kappa shape index (κ2) is 6.51. The van der Waals surface area contributed by atoms with E-state index in [1.807, 2.05) is 20.8 Å². The van der Waals surface area contributed by atoms with Crippen LogP contribution in [0.1, 0.15) is 63.0 Å². The standard InChI is InChI=1S/C18H23N3O2S/c1-10(16-11(2)24-12(3)19-16)21(4)18(23)14-9-13-7-5-6-8-15(13)20-17(14)22/h9-10H,5-8H2,1-4H3,(H,20,22). The number of carbonyl (C=O) groups is 1. The molecule has 3 rings (SSSR count). The lowest BCUT2D eigenvalue weighted by Crippen LogP contribution is -2.35. The molecule has 1 N–H and O–H groups in total. The largest absolute Gasteiger partial charge is 0.333 e. The number of hydrogen-bond donors (Lipinski definition) is 1. The van der Waals surface area contributed by atoms with Crippen LogP contribution in [0.5, 0.6) is 0 Å². The maximum atomic E-state index is 12.9. The van der Waals surface area contributed by atoms with Crippen LogP contribution < -0.4 is 5.56 Å². The number of aromatic nitrogens is 2. The third-order valence-electron chi connectivity index (χ3n) is 4.80. The van der Waals surface area contributed by atoms with E-state index in [0.717, 1.165) is 52.5 Å². The van der Waals surface area contributed by atoms with E-state index in [0.29, 0.717) is 0 Å². The summed E-state index contributed by atoms with van der Waals surface area (Å²) in [5, 5.41) is 0.988. The van der Waals surface area contributed by atoms with Crippen molar-refractivity contribution in [2.45, 2.75) is 52.5 Å². The number of H-pyrrole nitrogens is 1. The monoisotopic (exact) mass is 345 g/mol. The molecule has 2 aromatic rings. The number of hydrogen-bond acceptors (Lipinski definition) is 4. The number of pyridine rings is 1. The smallest absolute Gasteiger partial charge is 0.261 e. The van der Waals surface area contributed by atoms with Gasteiger partial charge in [-0.05, 0) is 58.1 Å². The number of amides is 1. The first-order valence-corrected chi connectivity index (χ1v) is 9.16. The van der Waals surface area contributed by atoms with Crippen LogP contribution in [-0.4, -0.2) is 27.8 Å². The van der Waals surface area contributed by atoms with Gasteiger partial charge in [0, 0.05) is 17.6 Å². The molecule has 1 aliphatic rings. The molecular weight excluding hydrogens is 322 g/mol. The van der Waals surface area contributed by atoms with Gasteiger partial charge in [0.25, 0.3) is 11.5 Å². The average Bonchev–Trinajstić information content (AvgIpc) is 2.90. The molecule has 0 spiro atoms. The molecule has 5 nitrogen and oxygen atoms in total. The molecule has 6 heteroatoms. The molecule has 0 aromatic carbocycles. The maximum Gasteiger partial charge on any atom is 0.261 e. The van der Waals surface area contributed by atoms with Gasteiger partial charge in [-0.2, -0.15) is 0 Å². The van der Waals surface area contributed by atoms with Gasteiger partial charge >= 0.3 is 0 Å². The molecule has 24 heavy (non-hydrogen) atoms. The van der Waals surface area contributed by atoms with Crippen LogP contribution in [0.25, 0.3) is 0 Å². The predicted molar refractivity (Wildman–Crippen MR) is 95.8 cm³/mol. The Morgan fingerprint density at radius 1 is 1.33 bits per heavy atom. The molecule has 128 valence electrons. The molecular formula is C18H23N3O2S. The van der Waals surface area contributed by atoms with Crippen LogP contribution in [0, 0.1) is 13.8 Å². The Hall–Kier alpha value is -1.95. The summed E-state index contributed by atoms with van der Waals surface area (Å²) in [5.74, 6) is -0.248. The highest BCUT2D eigenvalue weighted by Gasteiger charge is 2.25. The summed E-state index contributed by atoms with van der Waals surface area (Å²) in [6.07, 6.45) is 4.02. The maximum absolute atomic E-state index is 12.9. The van der Waals surface area contributed by atoms with Crippen LogP contribution >= 0.6 is 11.3 Å². The molecule has 2 heterocycles. The first-order valence-electron chi connectivity index (χ1n) is 8.34. The van der Waals surface area contributed by atoms with E-state index in [1.54, 1.807) is 29.4 Å². The van der Waals surface area contributed by atoms with Gasteiger partial charge in [0.2, 0.25) is 0 Å². The van der Waals surface area contributed by atoms with E-state index in [4.69, 9.17) is 0 Å². The molecule has 0 bridgehead atoms. The minimum absolute atomic E-state index is 0.169. The van der Waals surface area contributed by atoms with Crippen molar-refractivity contribution in [1.82, 2.24) is 14.9 Å². The van der Waals surface area contributed by atoms with Crippen LogP contribution in [-0.2, 0) is 12.8 Å². The van der Waals surface area contributed by atoms with E-state index in [9.17, 15) is 9.59 Å². The Balaban J connectivity index is 1.91. The molecule has 0 aliphatic heterocycles. The Morgan fingerprint density at radius 3 is 2.71 bits per heavy atom. The number of rotatable bonds is 3. The lowest BCUT2D eigenvalue weighted by Gasteiger charge is -2.25. The molecule has 1 atom stereocenters. The summed E-state index contributed by atoms with van der Waals surface area (Å²) in [6, 6.07) is 1.62. The second-order valence-corrected chi connectivity index (χ2v) is 7.90. The Labute approximate surface area is 145 Å². The lowest BCUT2D eigenvalue weighted by molar-refractivity contribution is 0.0737. The van der Waals surface area contributed by atoms with Crippen molar-refractivity contribution in [1.29, 1.82) is 0 Å². The van der Waals surface area contributed by atoms with Gasteiger partial charge in [-0.15, -0.1) is 11.3 Å². The number of carbonyl (C=O) groups excluding carboxylic acids is 1. The predicted octanol–water partition coefficient (Wildman–Crippen LogP) is 3.16. The summed E-state index contributed by atoms with van der Waals surface area (Å²) in [4.78, 5) is 35.4. The van der Waals surface area contributed by atoms with E-state index in [-0.39, 0.29) is 23.1 Å². The van der Waals surface area contributed by atoms with Gasteiger partial charge < -0.3 is 9.88 Å². The molecule has 1 amide bonds. The highest BCUT2D eigenvalue weighted by molar-refractivity contribution is 7.11. The molecule has 1 aliphatic carbocycles. The number of fused-ring (bicyclic) bond motifs is 1. The molecule has 0 radical (unpaired) electrons. The van der Waals surface area contributed by atoms with Gasteiger partial charge in [-0.1, -0.05) is 0 Å². The average molecular weight is 345 g/mol. The van der Waals surface area contributed by atoms with Crippen LogP contribution in [0.3, 0.4) is 0 Å². The Bertz CT molecular complexity index is 837. The topological polar surface area (TPSA) is 66.1 Å². The van der Waals surface area contributed by atoms with Crippen molar-refractivity contribution in [3.8, 4) is 0 Å². The van der Waals surface area contributed by atoms with Gasteiger partial charge in [0.05, 0.1) is 16.7 Å². The molecule has 2 aromatic heterocycles. The Morgan fingerprint density at radius 2 is 2.04 bits per heavy atom.